The van der Waals surface area contributed by atoms with E-state index < -0.39 is 0 Å². The van der Waals surface area contributed by atoms with Crippen LogP contribution >= 0.6 is 0 Å². The maximum atomic E-state index is 8.93. The quantitative estimate of drug-likeness (QED) is 0.700. The van der Waals surface area contributed by atoms with Crippen molar-refractivity contribution in [3.05, 3.63) is 53.3 Å². The number of likely N-dealkylation sites (tertiary alicyclic amines) is 1. The van der Waals surface area contributed by atoms with Crippen LogP contribution in [0.3, 0.4) is 0 Å². The largest absolute Gasteiger partial charge is 0.355 e. The average Bonchev–Trinajstić information content (AvgIpc) is 3.11. The maximum Gasteiger partial charge on any atom is 0.178 e. The standard InChI is InChI=1S/C21H23N7/c22-14-16-2-4-17(5-3-16)15-26-12-8-18(9-13-26)21-24-23-19-6-7-20(25-28(19)21)27-10-1-11-27/h2-7,18H,1,8-13,15H2. The van der Waals surface area contributed by atoms with Crippen molar-refractivity contribution in [2.24, 2.45) is 0 Å². The van der Waals surface area contributed by atoms with Gasteiger partial charge in [-0.3, -0.25) is 4.90 Å². The Bertz CT molecular complexity index is 1010. The number of anilines is 1. The van der Waals surface area contributed by atoms with Crippen molar-refractivity contribution < 1.29 is 0 Å². The van der Waals surface area contributed by atoms with Crippen LogP contribution in [-0.2, 0) is 6.54 Å². The summed E-state index contributed by atoms with van der Waals surface area (Å²) in [5, 5.41) is 22.5. The maximum absolute atomic E-state index is 8.93. The lowest BCUT2D eigenvalue weighted by molar-refractivity contribution is 0.201. The van der Waals surface area contributed by atoms with Crippen molar-refractivity contribution in [1.29, 1.82) is 5.26 Å². The number of rotatable bonds is 4. The minimum atomic E-state index is 0.395. The van der Waals surface area contributed by atoms with Gasteiger partial charge in [0.25, 0.3) is 0 Å². The zero-order valence-corrected chi connectivity index (χ0v) is 15.8. The lowest BCUT2D eigenvalue weighted by Gasteiger charge is -2.32. The van der Waals surface area contributed by atoms with Crippen LogP contribution in [0.5, 0.6) is 0 Å². The molecule has 2 aliphatic heterocycles. The summed E-state index contributed by atoms with van der Waals surface area (Å²) >= 11 is 0. The Hall–Kier alpha value is -2.98. The zero-order valence-electron chi connectivity index (χ0n) is 15.8. The lowest BCUT2D eigenvalue weighted by Crippen LogP contribution is -2.38. The van der Waals surface area contributed by atoms with Crippen molar-refractivity contribution in [2.45, 2.75) is 31.7 Å². The van der Waals surface area contributed by atoms with E-state index in [9.17, 15) is 0 Å². The summed E-state index contributed by atoms with van der Waals surface area (Å²) in [5.41, 5.74) is 2.80. The predicted molar refractivity (Wildman–Crippen MR) is 106 cm³/mol. The average molecular weight is 373 g/mol. The monoisotopic (exact) mass is 373 g/mol. The normalized spacial score (nSPS) is 18.2. The SMILES string of the molecule is N#Cc1ccc(CN2CCC(c3nnc4ccc(N5CCC5)nn34)CC2)cc1. The molecule has 5 rings (SSSR count). The number of piperidine rings is 1. The molecule has 142 valence electrons. The van der Waals surface area contributed by atoms with Crippen LogP contribution in [0.15, 0.2) is 36.4 Å². The number of aromatic nitrogens is 4. The van der Waals surface area contributed by atoms with Crippen LogP contribution in [0.2, 0.25) is 0 Å². The molecule has 0 unspecified atom stereocenters. The van der Waals surface area contributed by atoms with Crippen LogP contribution in [0, 0.1) is 11.3 Å². The van der Waals surface area contributed by atoms with Crippen molar-refractivity contribution in [2.75, 3.05) is 31.1 Å². The fourth-order valence-electron chi connectivity index (χ4n) is 4.06. The highest BCUT2D eigenvalue weighted by atomic mass is 15.4. The van der Waals surface area contributed by atoms with Crippen LogP contribution in [-0.4, -0.2) is 50.9 Å². The number of hydrogen-bond donors (Lipinski definition) is 0. The molecule has 4 heterocycles. The predicted octanol–water partition coefficient (Wildman–Crippen LogP) is 2.59. The molecule has 0 radical (unpaired) electrons. The number of fused-ring (bicyclic) bond motifs is 1. The van der Waals surface area contributed by atoms with Crippen molar-refractivity contribution >= 4 is 11.5 Å². The molecule has 7 heteroatoms. The second-order valence-electron chi connectivity index (χ2n) is 7.72. The Morgan fingerprint density at radius 1 is 0.964 bits per heavy atom. The molecule has 0 saturated carbocycles. The number of benzene rings is 1. The molecule has 7 nitrogen and oxygen atoms in total. The van der Waals surface area contributed by atoms with E-state index in [0.29, 0.717) is 11.5 Å². The van der Waals surface area contributed by atoms with E-state index in [4.69, 9.17) is 10.4 Å². The summed E-state index contributed by atoms with van der Waals surface area (Å²) in [7, 11) is 0. The van der Waals surface area contributed by atoms with Crippen LogP contribution in [0.1, 0.15) is 42.1 Å². The molecule has 2 fully saturated rings. The lowest BCUT2D eigenvalue weighted by atomic mass is 9.95. The first-order valence-electron chi connectivity index (χ1n) is 9.99. The van der Waals surface area contributed by atoms with Gasteiger partial charge in [-0.2, -0.15) is 9.78 Å². The highest BCUT2D eigenvalue weighted by Crippen LogP contribution is 2.28. The van der Waals surface area contributed by atoms with Gasteiger partial charge in [0.05, 0.1) is 11.6 Å². The highest BCUT2D eigenvalue weighted by Gasteiger charge is 2.26. The van der Waals surface area contributed by atoms with Gasteiger partial charge in [0.1, 0.15) is 5.82 Å². The molecule has 2 saturated heterocycles. The van der Waals surface area contributed by atoms with E-state index in [-0.39, 0.29) is 0 Å². The molecule has 0 aliphatic carbocycles. The number of nitriles is 1. The molecule has 0 atom stereocenters. The second-order valence-corrected chi connectivity index (χ2v) is 7.72. The molecule has 0 amide bonds. The Labute approximate surface area is 164 Å². The summed E-state index contributed by atoms with van der Waals surface area (Å²) in [6.07, 6.45) is 3.37. The molecule has 0 N–H and O–H groups in total. The summed E-state index contributed by atoms with van der Waals surface area (Å²) in [5.74, 6) is 2.42. The Kier molecular flexibility index (Phi) is 4.41. The van der Waals surface area contributed by atoms with Crippen LogP contribution < -0.4 is 4.90 Å². The van der Waals surface area contributed by atoms with Gasteiger partial charge >= 0.3 is 0 Å². The van der Waals surface area contributed by atoms with Crippen LogP contribution in [0.4, 0.5) is 5.82 Å². The van der Waals surface area contributed by atoms with E-state index >= 15 is 0 Å². The van der Waals surface area contributed by atoms with Gasteiger partial charge in [0.15, 0.2) is 11.5 Å². The fraction of sp³-hybridized carbons (Fsp3) is 0.429. The van der Waals surface area contributed by atoms with Gasteiger partial charge in [-0.15, -0.1) is 15.3 Å². The Morgan fingerprint density at radius 3 is 2.43 bits per heavy atom. The van der Waals surface area contributed by atoms with Crippen molar-refractivity contribution in [3.8, 4) is 6.07 Å². The molecule has 1 aromatic carbocycles. The number of nitrogens with zero attached hydrogens (tertiary/aromatic N) is 7. The number of hydrogen-bond acceptors (Lipinski definition) is 6. The topological polar surface area (TPSA) is 73.3 Å². The van der Waals surface area contributed by atoms with E-state index in [2.05, 4.69) is 38.2 Å². The molecule has 28 heavy (non-hydrogen) atoms. The first kappa shape index (κ1) is 17.1. The minimum absolute atomic E-state index is 0.395. The summed E-state index contributed by atoms with van der Waals surface area (Å²) in [6.45, 7) is 5.17. The fourth-order valence-corrected chi connectivity index (χ4v) is 4.06. The smallest absolute Gasteiger partial charge is 0.178 e. The van der Waals surface area contributed by atoms with E-state index in [1.807, 2.05) is 28.8 Å². The third kappa shape index (κ3) is 3.20. The van der Waals surface area contributed by atoms with Gasteiger partial charge in [0.2, 0.25) is 0 Å². The molecule has 2 aromatic heterocycles. The minimum Gasteiger partial charge on any atom is -0.355 e. The van der Waals surface area contributed by atoms with E-state index in [1.54, 1.807) is 0 Å². The van der Waals surface area contributed by atoms with Crippen LogP contribution in [0.25, 0.3) is 5.65 Å². The van der Waals surface area contributed by atoms with E-state index in [1.165, 1.54) is 12.0 Å². The summed E-state index contributed by atoms with van der Waals surface area (Å²) < 4.78 is 1.95. The van der Waals surface area contributed by atoms with Gasteiger partial charge < -0.3 is 4.90 Å². The summed E-state index contributed by atoms with van der Waals surface area (Å²) in [4.78, 5) is 4.77. The van der Waals surface area contributed by atoms with E-state index in [0.717, 1.165) is 62.9 Å². The van der Waals surface area contributed by atoms with Crippen molar-refractivity contribution in [1.82, 2.24) is 24.7 Å². The van der Waals surface area contributed by atoms with Gasteiger partial charge in [-0.25, -0.2) is 0 Å². The second kappa shape index (κ2) is 7.21. The highest BCUT2D eigenvalue weighted by molar-refractivity contribution is 5.47. The van der Waals surface area contributed by atoms with Gasteiger partial charge in [0, 0.05) is 25.6 Å². The molecule has 3 aromatic rings. The van der Waals surface area contributed by atoms with Gasteiger partial charge in [-0.1, -0.05) is 12.1 Å². The molecular weight excluding hydrogens is 350 g/mol. The Balaban J connectivity index is 1.26. The first-order valence-corrected chi connectivity index (χ1v) is 9.99. The third-order valence-electron chi connectivity index (χ3n) is 5.89. The van der Waals surface area contributed by atoms with Crippen molar-refractivity contribution in [3.63, 3.8) is 0 Å². The summed E-state index contributed by atoms with van der Waals surface area (Å²) in [6, 6.07) is 14.1. The first-order chi connectivity index (χ1) is 13.8. The van der Waals surface area contributed by atoms with Gasteiger partial charge in [-0.05, 0) is 62.2 Å². The molecule has 2 aliphatic rings. The molecule has 0 bridgehead atoms. The Morgan fingerprint density at radius 2 is 1.75 bits per heavy atom. The molecule has 0 spiro atoms. The third-order valence-corrected chi connectivity index (χ3v) is 5.89. The zero-order chi connectivity index (χ0) is 18.9. The molecular formula is C21H23N7.